The summed E-state index contributed by atoms with van der Waals surface area (Å²) >= 11 is 0. The maximum Gasteiger partial charge on any atom is 0.219 e. The van der Waals surface area contributed by atoms with Gasteiger partial charge in [0.1, 0.15) is 30.4 Å². The molecule has 2 heterocycles. The Kier molecular flexibility index (Phi) is 8.62. The summed E-state index contributed by atoms with van der Waals surface area (Å²) in [6.07, 6.45) is 3.60. The number of amides is 1. The lowest BCUT2D eigenvalue weighted by Crippen LogP contribution is -2.51. The highest BCUT2D eigenvalue weighted by atomic mass is 19.1. The monoisotopic (exact) mass is 512 g/mol. The van der Waals surface area contributed by atoms with Crippen molar-refractivity contribution in [2.45, 2.75) is 25.6 Å². The number of ether oxygens (including phenoxy) is 3. The quantitative estimate of drug-likeness (QED) is 0.447. The Morgan fingerprint density at radius 1 is 1.11 bits per heavy atom. The van der Waals surface area contributed by atoms with E-state index in [1.807, 2.05) is 30.5 Å². The molecule has 0 saturated carbocycles. The van der Waals surface area contributed by atoms with Gasteiger partial charge in [-0.25, -0.2) is 4.39 Å². The van der Waals surface area contributed by atoms with Crippen molar-refractivity contribution in [3.05, 3.63) is 72.3 Å². The molecule has 1 aliphatic rings. The average molecular weight is 513 g/mol. The molecule has 0 radical (unpaired) electrons. The topological polar surface area (TPSA) is 89.3 Å². The fourth-order valence-electron chi connectivity index (χ4n) is 4.36. The van der Waals surface area contributed by atoms with Crippen molar-refractivity contribution in [3.63, 3.8) is 0 Å². The van der Waals surface area contributed by atoms with Gasteiger partial charge in [0, 0.05) is 45.5 Å². The maximum absolute atomic E-state index is 13.2. The third-order valence-electron chi connectivity index (χ3n) is 6.23. The third kappa shape index (κ3) is 7.43. The van der Waals surface area contributed by atoms with E-state index in [4.69, 9.17) is 14.2 Å². The molecule has 2 aromatic carbocycles. The van der Waals surface area contributed by atoms with Gasteiger partial charge in [-0.1, -0.05) is 6.07 Å². The van der Waals surface area contributed by atoms with Crippen molar-refractivity contribution in [1.29, 1.82) is 0 Å². The van der Waals surface area contributed by atoms with E-state index < -0.39 is 5.60 Å². The van der Waals surface area contributed by atoms with E-state index in [9.17, 15) is 14.3 Å². The molecule has 1 amide bonds. The molecule has 1 fully saturated rings. The number of β-amino-alcohol motifs (C(OH)–C–C–N with tert-alkyl or cyclic N) is 1. The summed E-state index contributed by atoms with van der Waals surface area (Å²) in [7, 11) is 1.60. The Hall–Kier alpha value is -3.63. The van der Waals surface area contributed by atoms with Crippen molar-refractivity contribution in [1.82, 2.24) is 19.6 Å². The first-order valence-corrected chi connectivity index (χ1v) is 12.2. The first-order valence-electron chi connectivity index (χ1n) is 12.2. The van der Waals surface area contributed by atoms with Crippen molar-refractivity contribution < 1.29 is 28.5 Å². The van der Waals surface area contributed by atoms with Crippen LogP contribution in [0.5, 0.6) is 17.2 Å². The molecule has 0 unspecified atom stereocenters. The molecule has 37 heavy (non-hydrogen) atoms. The van der Waals surface area contributed by atoms with Crippen LogP contribution in [0.25, 0.3) is 0 Å². The van der Waals surface area contributed by atoms with Gasteiger partial charge >= 0.3 is 0 Å². The third-order valence-corrected chi connectivity index (χ3v) is 6.23. The second kappa shape index (κ2) is 12.1. The molecule has 1 N–H and O–H groups in total. The number of benzene rings is 2. The van der Waals surface area contributed by atoms with Crippen LogP contribution >= 0.6 is 0 Å². The van der Waals surface area contributed by atoms with Gasteiger partial charge in [0.05, 0.1) is 20.2 Å². The molecule has 0 aliphatic carbocycles. The summed E-state index contributed by atoms with van der Waals surface area (Å²) in [5.74, 6) is 1.24. The van der Waals surface area contributed by atoms with E-state index in [1.165, 1.54) is 31.2 Å². The number of hydrogen-bond acceptors (Lipinski definition) is 7. The Balaban J connectivity index is 1.44. The zero-order chi connectivity index (χ0) is 26.3. The summed E-state index contributed by atoms with van der Waals surface area (Å²) in [5.41, 5.74) is -0.334. The largest absolute Gasteiger partial charge is 0.493 e. The summed E-state index contributed by atoms with van der Waals surface area (Å²) < 4.78 is 32.3. The standard InChI is InChI=1S/C27H33FN4O5/c1-21(33)31-13-12-30(18-27(34,19-31)20-37-24-7-5-23(28)6-8-24)17-22-4-9-25(35-2)26(16-22)36-15-14-32-11-3-10-29-32/h3-11,16,34H,12-15,17-20H2,1-2H3/t27-/m1/s1. The van der Waals surface area contributed by atoms with E-state index in [-0.39, 0.29) is 24.9 Å². The summed E-state index contributed by atoms with van der Waals surface area (Å²) in [6.45, 7) is 4.52. The van der Waals surface area contributed by atoms with Gasteiger partial charge in [0.15, 0.2) is 11.5 Å². The first-order chi connectivity index (χ1) is 17.8. The molecule has 1 aliphatic heterocycles. The number of hydrogen-bond donors (Lipinski definition) is 1. The maximum atomic E-state index is 13.2. The van der Waals surface area contributed by atoms with Crippen molar-refractivity contribution in [2.75, 3.05) is 46.5 Å². The number of aliphatic hydroxyl groups is 1. The SMILES string of the molecule is COc1ccc(CN2CCN(C(C)=O)C[C@@](O)(COc3ccc(F)cc3)C2)cc1OCCn1cccn1. The molecule has 198 valence electrons. The van der Waals surface area contributed by atoms with Crippen LogP contribution in [0, 0.1) is 5.82 Å². The minimum Gasteiger partial charge on any atom is -0.493 e. The van der Waals surface area contributed by atoms with Gasteiger partial charge in [-0.2, -0.15) is 5.10 Å². The van der Waals surface area contributed by atoms with Crippen molar-refractivity contribution in [3.8, 4) is 17.2 Å². The number of carbonyl (C=O) groups is 1. The molecular formula is C27H33FN4O5. The van der Waals surface area contributed by atoms with E-state index in [1.54, 1.807) is 22.9 Å². The summed E-state index contributed by atoms with van der Waals surface area (Å²) in [6, 6.07) is 13.3. The van der Waals surface area contributed by atoms with E-state index in [0.717, 1.165) is 5.56 Å². The fourth-order valence-corrected chi connectivity index (χ4v) is 4.36. The highest BCUT2D eigenvalue weighted by molar-refractivity contribution is 5.73. The number of carbonyl (C=O) groups excluding carboxylic acids is 1. The van der Waals surface area contributed by atoms with Gasteiger partial charge in [0.25, 0.3) is 0 Å². The first kappa shape index (κ1) is 26.4. The molecule has 9 nitrogen and oxygen atoms in total. The molecule has 0 spiro atoms. The normalized spacial score (nSPS) is 18.3. The zero-order valence-electron chi connectivity index (χ0n) is 21.2. The van der Waals surface area contributed by atoms with Crippen molar-refractivity contribution in [2.24, 2.45) is 0 Å². The molecule has 1 aromatic heterocycles. The van der Waals surface area contributed by atoms with Crippen LogP contribution in [-0.2, 0) is 17.9 Å². The number of methoxy groups -OCH3 is 1. The molecule has 0 bridgehead atoms. The lowest BCUT2D eigenvalue weighted by atomic mass is 10.0. The van der Waals surface area contributed by atoms with E-state index in [0.29, 0.717) is 56.6 Å². The van der Waals surface area contributed by atoms with Gasteiger partial charge in [-0.05, 0) is 48.0 Å². The minimum absolute atomic E-state index is 0.0384. The summed E-state index contributed by atoms with van der Waals surface area (Å²) in [4.78, 5) is 15.9. The Morgan fingerprint density at radius 3 is 2.62 bits per heavy atom. The van der Waals surface area contributed by atoms with Crippen LogP contribution < -0.4 is 14.2 Å². The lowest BCUT2D eigenvalue weighted by molar-refractivity contribution is -0.132. The fraction of sp³-hybridized carbons (Fsp3) is 0.407. The highest BCUT2D eigenvalue weighted by Crippen LogP contribution is 2.29. The predicted molar refractivity (Wildman–Crippen MR) is 135 cm³/mol. The molecule has 1 atom stereocenters. The number of aromatic nitrogens is 2. The van der Waals surface area contributed by atoms with Gasteiger partial charge < -0.3 is 24.2 Å². The Morgan fingerprint density at radius 2 is 1.92 bits per heavy atom. The van der Waals surface area contributed by atoms with Gasteiger partial charge in [-0.3, -0.25) is 14.4 Å². The number of halogens is 1. The number of rotatable bonds is 10. The van der Waals surface area contributed by atoms with Crippen LogP contribution in [-0.4, -0.2) is 82.7 Å². The zero-order valence-corrected chi connectivity index (χ0v) is 21.2. The van der Waals surface area contributed by atoms with Crippen molar-refractivity contribution >= 4 is 5.91 Å². The van der Waals surface area contributed by atoms with Crippen LogP contribution in [0.2, 0.25) is 0 Å². The molecule has 10 heteroatoms. The minimum atomic E-state index is -1.31. The molecule has 3 aromatic rings. The second-order valence-electron chi connectivity index (χ2n) is 9.22. The summed E-state index contributed by atoms with van der Waals surface area (Å²) in [5, 5.41) is 15.7. The van der Waals surface area contributed by atoms with Gasteiger partial charge in [-0.15, -0.1) is 0 Å². The smallest absolute Gasteiger partial charge is 0.219 e. The van der Waals surface area contributed by atoms with E-state index >= 15 is 0 Å². The number of nitrogens with zero attached hydrogens (tertiary/aromatic N) is 4. The van der Waals surface area contributed by atoms with E-state index in [2.05, 4.69) is 10.00 Å². The Bertz CT molecular complexity index is 1160. The Labute approximate surface area is 216 Å². The van der Waals surface area contributed by atoms with Crippen LogP contribution in [0.3, 0.4) is 0 Å². The van der Waals surface area contributed by atoms with Crippen LogP contribution in [0.1, 0.15) is 12.5 Å². The molecule has 1 saturated heterocycles. The van der Waals surface area contributed by atoms with Crippen LogP contribution in [0.15, 0.2) is 60.9 Å². The second-order valence-corrected chi connectivity index (χ2v) is 9.22. The van der Waals surface area contributed by atoms with Crippen LogP contribution in [0.4, 0.5) is 4.39 Å². The molecule has 4 rings (SSSR count). The van der Waals surface area contributed by atoms with Gasteiger partial charge in [0.2, 0.25) is 5.91 Å². The molecular weight excluding hydrogens is 479 g/mol. The highest BCUT2D eigenvalue weighted by Gasteiger charge is 2.37. The average Bonchev–Trinajstić information content (AvgIpc) is 3.33. The predicted octanol–water partition coefficient (Wildman–Crippen LogP) is 2.58. The lowest BCUT2D eigenvalue weighted by Gasteiger charge is -2.32.